The minimum absolute atomic E-state index is 0.517. The SMILES string of the molecule is C=CCn1nc(-c2ccc(OC)c(C)c2)cc1C=O. The van der Waals surface area contributed by atoms with E-state index in [4.69, 9.17) is 4.74 Å². The van der Waals surface area contributed by atoms with Crippen molar-refractivity contribution in [3.63, 3.8) is 0 Å². The third kappa shape index (κ3) is 2.57. The zero-order valence-electron chi connectivity index (χ0n) is 11.1. The van der Waals surface area contributed by atoms with Crippen LogP contribution in [0.25, 0.3) is 11.3 Å². The fourth-order valence-corrected chi connectivity index (χ4v) is 1.97. The summed E-state index contributed by atoms with van der Waals surface area (Å²) in [5.74, 6) is 0.838. The van der Waals surface area contributed by atoms with E-state index in [2.05, 4.69) is 11.7 Å². The highest BCUT2D eigenvalue weighted by molar-refractivity contribution is 5.76. The number of aryl methyl sites for hydroxylation is 1. The van der Waals surface area contributed by atoms with Crippen LogP contribution in [0, 0.1) is 6.92 Å². The van der Waals surface area contributed by atoms with Gasteiger partial charge in [0.1, 0.15) is 11.4 Å². The third-order valence-electron chi connectivity index (χ3n) is 2.92. The van der Waals surface area contributed by atoms with Crippen LogP contribution in [-0.4, -0.2) is 23.2 Å². The standard InChI is InChI=1S/C15H16N2O2/c1-4-7-17-13(10-18)9-14(16-17)12-5-6-15(19-3)11(2)8-12/h4-6,8-10H,1,7H2,2-3H3. The summed E-state index contributed by atoms with van der Waals surface area (Å²) in [6.07, 6.45) is 2.51. The summed E-state index contributed by atoms with van der Waals surface area (Å²) < 4.78 is 6.86. The van der Waals surface area contributed by atoms with Crippen LogP contribution in [0.4, 0.5) is 0 Å². The van der Waals surface area contributed by atoms with E-state index in [9.17, 15) is 4.79 Å². The highest BCUT2D eigenvalue weighted by atomic mass is 16.5. The van der Waals surface area contributed by atoms with Gasteiger partial charge in [-0.05, 0) is 36.8 Å². The Morgan fingerprint density at radius 2 is 2.21 bits per heavy atom. The quantitative estimate of drug-likeness (QED) is 0.610. The van der Waals surface area contributed by atoms with Gasteiger partial charge < -0.3 is 4.74 Å². The maximum Gasteiger partial charge on any atom is 0.168 e. The molecule has 0 unspecified atom stereocenters. The summed E-state index contributed by atoms with van der Waals surface area (Å²) in [5.41, 5.74) is 3.31. The summed E-state index contributed by atoms with van der Waals surface area (Å²) in [6, 6.07) is 7.60. The monoisotopic (exact) mass is 256 g/mol. The van der Waals surface area contributed by atoms with Crippen molar-refractivity contribution in [2.75, 3.05) is 7.11 Å². The molecule has 0 spiro atoms. The Labute approximate surface area is 112 Å². The highest BCUT2D eigenvalue weighted by Gasteiger charge is 2.09. The summed E-state index contributed by atoms with van der Waals surface area (Å²) in [7, 11) is 1.64. The summed E-state index contributed by atoms with van der Waals surface area (Å²) in [4.78, 5) is 11.0. The van der Waals surface area contributed by atoms with Crippen molar-refractivity contribution in [2.24, 2.45) is 0 Å². The first kappa shape index (κ1) is 13.1. The number of carbonyl (C=O) groups excluding carboxylic acids is 1. The van der Waals surface area contributed by atoms with E-state index in [1.54, 1.807) is 23.9 Å². The van der Waals surface area contributed by atoms with Crippen LogP contribution < -0.4 is 4.74 Å². The molecule has 98 valence electrons. The van der Waals surface area contributed by atoms with E-state index in [1.807, 2.05) is 25.1 Å². The summed E-state index contributed by atoms with van der Waals surface area (Å²) in [6.45, 7) is 6.15. The molecule has 0 aliphatic carbocycles. The van der Waals surface area contributed by atoms with Crippen LogP contribution in [0.15, 0.2) is 36.9 Å². The Bertz CT molecular complexity index is 615. The summed E-state index contributed by atoms with van der Waals surface area (Å²) >= 11 is 0. The fourth-order valence-electron chi connectivity index (χ4n) is 1.97. The lowest BCUT2D eigenvalue weighted by molar-refractivity contribution is 0.111. The Morgan fingerprint density at radius 3 is 2.79 bits per heavy atom. The first-order chi connectivity index (χ1) is 9.19. The van der Waals surface area contributed by atoms with Crippen LogP contribution >= 0.6 is 0 Å². The molecule has 1 heterocycles. The molecule has 0 radical (unpaired) electrons. The molecule has 1 aromatic carbocycles. The Kier molecular flexibility index (Phi) is 3.80. The van der Waals surface area contributed by atoms with Gasteiger partial charge in [-0.15, -0.1) is 6.58 Å². The molecule has 0 N–H and O–H groups in total. The van der Waals surface area contributed by atoms with Crippen molar-refractivity contribution < 1.29 is 9.53 Å². The van der Waals surface area contributed by atoms with Gasteiger partial charge >= 0.3 is 0 Å². The van der Waals surface area contributed by atoms with Crippen molar-refractivity contribution in [2.45, 2.75) is 13.5 Å². The topological polar surface area (TPSA) is 44.1 Å². The van der Waals surface area contributed by atoms with Crippen LogP contribution in [-0.2, 0) is 6.54 Å². The molecule has 4 nitrogen and oxygen atoms in total. The fraction of sp³-hybridized carbons (Fsp3) is 0.200. The molecule has 0 aliphatic heterocycles. The molecule has 2 rings (SSSR count). The number of methoxy groups -OCH3 is 1. The molecule has 0 bridgehead atoms. The summed E-state index contributed by atoms with van der Waals surface area (Å²) in [5, 5.41) is 4.41. The van der Waals surface area contributed by atoms with Gasteiger partial charge in [0.2, 0.25) is 0 Å². The average molecular weight is 256 g/mol. The van der Waals surface area contributed by atoms with Crippen molar-refractivity contribution >= 4 is 6.29 Å². The number of aldehydes is 1. The van der Waals surface area contributed by atoms with Crippen LogP contribution in [0.1, 0.15) is 16.1 Å². The van der Waals surface area contributed by atoms with Crippen LogP contribution in [0.2, 0.25) is 0 Å². The second kappa shape index (κ2) is 5.52. The molecule has 0 fully saturated rings. The average Bonchev–Trinajstić information content (AvgIpc) is 2.82. The predicted octanol–water partition coefficient (Wildman–Crippen LogP) is 2.87. The number of benzene rings is 1. The first-order valence-electron chi connectivity index (χ1n) is 5.98. The lowest BCUT2D eigenvalue weighted by atomic mass is 10.1. The number of allylic oxidation sites excluding steroid dienone is 1. The maximum atomic E-state index is 11.0. The Hall–Kier alpha value is -2.36. The number of carbonyl (C=O) groups is 1. The van der Waals surface area contributed by atoms with E-state index in [0.717, 1.165) is 28.9 Å². The third-order valence-corrected chi connectivity index (χ3v) is 2.92. The van der Waals surface area contributed by atoms with Gasteiger partial charge in [-0.1, -0.05) is 6.08 Å². The van der Waals surface area contributed by atoms with Gasteiger partial charge in [-0.2, -0.15) is 5.10 Å². The molecule has 0 saturated heterocycles. The number of ether oxygens (including phenoxy) is 1. The van der Waals surface area contributed by atoms with Crippen molar-refractivity contribution in [3.8, 4) is 17.0 Å². The van der Waals surface area contributed by atoms with Gasteiger partial charge in [0.15, 0.2) is 6.29 Å². The molecule has 0 aliphatic rings. The zero-order valence-corrected chi connectivity index (χ0v) is 11.1. The number of nitrogens with zero attached hydrogens (tertiary/aromatic N) is 2. The number of rotatable bonds is 5. The van der Waals surface area contributed by atoms with Gasteiger partial charge in [0.05, 0.1) is 19.3 Å². The molecule has 4 heteroatoms. The largest absolute Gasteiger partial charge is 0.496 e. The molecule has 0 amide bonds. The number of hydrogen-bond donors (Lipinski definition) is 0. The smallest absolute Gasteiger partial charge is 0.168 e. The van der Waals surface area contributed by atoms with Gasteiger partial charge in [0.25, 0.3) is 0 Å². The zero-order chi connectivity index (χ0) is 13.8. The van der Waals surface area contributed by atoms with Crippen molar-refractivity contribution in [3.05, 3.63) is 48.2 Å². The predicted molar refractivity (Wildman–Crippen MR) is 74.5 cm³/mol. The van der Waals surface area contributed by atoms with Crippen molar-refractivity contribution in [1.82, 2.24) is 9.78 Å². The minimum atomic E-state index is 0.517. The molecule has 2 aromatic rings. The van der Waals surface area contributed by atoms with E-state index in [0.29, 0.717) is 12.2 Å². The van der Waals surface area contributed by atoms with Gasteiger partial charge in [0, 0.05) is 5.56 Å². The van der Waals surface area contributed by atoms with E-state index < -0.39 is 0 Å². The van der Waals surface area contributed by atoms with E-state index >= 15 is 0 Å². The second-order valence-electron chi connectivity index (χ2n) is 4.23. The maximum absolute atomic E-state index is 11.0. The lowest BCUT2D eigenvalue weighted by Gasteiger charge is -2.05. The first-order valence-corrected chi connectivity index (χ1v) is 5.98. The normalized spacial score (nSPS) is 10.2. The number of hydrogen-bond acceptors (Lipinski definition) is 3. The van der Waals surface area contributed by atoms with Gasteiger partial charge in [-0.25, -0.2) is 0 Å². The molecule has 0 saturated carbocycles. The van der Waals surface area contributed by atoms with E-state index in [-0.39, 0.29) is 0 Å². The molecule has 1 aromatic heterocycles. The molecular weight excluding hydrogens is 240 g/mol. The Balaban J connectivity index is 2.44. The highest BCUT2D eigenvalue weighted by Crippen LogP contribution is 2.25. The molecule has 0 atom stereocenters. The van der Waals surface area contributed by atoms with Crippen molar-refractivity contribution in [1.29, 1.82) is 0 Å². The van der Waals surface area contributed by atoms with E-state index in [1.165, 1.54) is 0 Å². The second-order valence-corrected chi connectivity index (χ2v) is 4.23. The van der Waals surface area contributed by atoms with Gasteiger partial charge in [-0.3, -0.25) is 9.48 Å². The molecule has 19 heavy (non-hydrogen) atoms. The van der Waals surface area contributed by atoms with Crippen LogP contribution in [0.5, 0.6) is 5.75 Å². The molecular formula is C15H16N2O2. The van der Waals surface area contributed by atoms with Crippen LogP contribution in [0.3, 0.4) is 0 Å². The lowest BCUT2D eigenvalue weighted by Crippen LogP contribution is -2.01. The number of aromatic nitrogens is 2. The minimum Gasteiger partial charge on any atom is -0.496 e. The Morgan fingerprint density at radius 1 is 1.42 bits per heavy atom.